The van der Waals surface area contributed by atoms with Gasteiger partial charge in [-0.15, -0.1) is 0 Å². The van der Waals surface area contributed by atoms with E-state index in [-0.39, 0.29) is 5.91 Å². The zero-order valence-electron chi connectivity index (χ0n) is 12.5. The van der Waals surface area contributed by atoms with E-state index in [4.69, 9.17) is 12.2 Å². The van der Waals surface area contributed by atoms with Gasteiger partial charge in [-0.1, -0.05) is 59.7 Å². The Morgan fingerprint density at radius 3 is 2.87 bits per heavy atom. The van der Waals surface area contributed by atoms with Crippen molar-refractivity contribution in [2.45, 2.75) is 25.8 Å². The average Bonchev–Trinajstić information content (AvgIpc) is 2.82. The number of thiocarbonyl (C=S) groups is 1. The topological polar surface area (TPSA) is 49.4 Å². The zero-order valence-corrected chi connectivity index (χ0v) is 14.9. The molecule has 0 spiro atoms. The molecule has 0 aliphatic carbocycles. The lowest BCUT2D eigenvalue weighted by atomic mass is 10.1. The number of nitrogens with zero attached hydrogens (tertiary/aromatic N) is 1. The smallest absolute Gasteiger partial charge is 0.249 e. The molecule has 1 unspecified atom stereocenters. The minimum Gasteiger partial charge on any atom is -0.319 e. The Hall–Kier alpha value is -1.79. The molecule has 1 aliphatic rings. The number of nitrogens with one attached hydrogen (secondary N) is 1. The van der Waals surface area contributed by atoms with Crippen LogP contribution in [0.1, 0.15) is 25.3 Å². The first-order valence-electron chi connectivity index (χ1n) is 7.39. The number of anilines is 1. The van der Waals surface area contributed by atoms with Gasteiger partial charge in [0.15, 0.2) is 0 Å². The third-order valence-corrected chi connectivity index (χ3v) is 5.16. The van der Waals surface area contributed by atoms with Crippen molar-refractivity contribution in [3.8, 4) is 0 Å². The monoisotopic (exact) mass is 390 g/mol. The van der Waals surface area contributed by atoms with Gasteiger partial charge in [0.25, 0.3) is 0 Å². The molecule has 23 heavy (non-hydrogen) atoms. The number of benzene rings is 2. The summed E-state index contributed by atoms with van der Waals surface area (Å²) in [7, 11) is 0. The second kappa shape index (κ2) is 6.37. The van der Waals surface area contributed by atoms with Crippen LogP contribution < -0.4 is 10.2 Å². The fourth-order valence-corrected chi connectivity index (χ4v) is 3.94. The Morgan fingerprint density at radius 2 is 2.17 bits per heavy atom. The van der Waals surface area contributed by atoms with Crippen LogP contribution in [0, 0.1) is 0 Å². The van der Waals surface area contributed by atoms with Gasteiger partial charge in [0.1, 0.15) is 11.0 Å². The SMILES string of the molecule is CCCC(C(=O)NC=O)N1C(=S)c2ccc(Br)c3cccc1c23. The van der Waals surface area contributed by atoms with Crippen LogP contribution in [0.2, 0.25) is 0 Å². The van der Waals surface area contributed by atoms with Crippen LogP contribution in [0.4, 0.5) is 5.69 Å². The molecule has 1 heterocycles. The summed E-state index contributed by atoms with van der Waals surface area (Å²) in [6.07, 6.45) is 1.85. The fraction of sp³-hybridized carbons (Fsp3) is 0.235. The molecule has 2 amide bonds. The van der Waals surface area contributed by atoms with E-state index in [1.807, 2.05) is 42.2 Å². The first kappa shape index (κ1) is 16.1. The van der Waals surface area contributed by atoms with Gasteiger partial charge in [-0.3, -0.25) is 14.9 Å². The van der Waals surface area contributed by atoms with E-state index < -0.39 is 6.04 Å². The third kappa shape index (κ3) is 2.56. The molecule has 2 aromatic rings. The maximum Gasteiger partial charge on any atom is 0.249 e. The number of rotatable bonds is 5. The summed E-state index contributed by atoms with van der Waals surface area (Å²) >= 11 is 9.20. The van der Waals surface area contributed by atoms with Crippen molar-refractivity contribution >= 4 is 61.9 Å². The van der Waals surface area contributed by atoms with Gasteiger partial charge in [0.2, 0.25) is 12.3 Å². The van der Waals surface area contributed by atoms with E-state index in [1.54, 1.807) is 0 Å². The molecular weight excluding hydrogens is 376 g/mol. The van der Waals surface area contributed by atoms with Gasteiger partial charge in [0, 0.05) is 15.4 Å². The maximum absolute atomic E-state index is 12.4. The predicted octanol–water partition coefficient (Wildman–Crippen LogP) is 3.54. The summed E-state index contributed by atoms with van der Waals surface area (Å²) in [6, 6.07) is 9.40. The Bertz CT molecular complexity index is 822. The van der Waals surface area contributed by atoms with E-state index in [0.29, 0.717) is 17.8 Å². The van der Waals surface area contributed by atoms with Crippen LogP contribution in [0.15, 0.2) is 34.8 Å². The Morgan fingerprint density at radius 1 is 1.39 bits per heavy atom. The molecule has 0 bridgehead atoms. The molecule has 0 fully saturated rings. The number of carbonyl (C=O) groups excluding carboxylic acids is 2. The van der Waals surface area contributed by atoms with Gasteiger partial charge in [-0.2, -0.15) is 0 Å². The lowest BCUT2D eigenvalue weighted by molar-refractivity contribution is -0.126. The first-order valence-corrected chi connectivity index (χ1v) is 8.59. The van der Waals surface area contributed by atoms with E-state index in [2.05, 4.69) is 21.2 Å². The van der Waals surface area contributed by atoms with Crippen LogP contribution in [0.25, 0.3) is 10.8 Å². The predicted molar refractivity (Wildman–Crippen MR) is 98.7 cm³/mol. The number of hydrogen-bond donors (Lipinski definition) is 1. The standard InChI is InChI=1S/C17H15BrN2O2S/c1-2-4-14(16(22)19-9-21)20-13-6-3-5-10-12(18)8-7-11(15(10)13)17(20)23/h3,5-9,14H,2,4H2,1H3,(H,19,21,22). The van der Waals surface area contributed by atoms with Crippen molar-refractivity contribution in [2.24, 2.45) is 0 Å². The molecule has 0 radical (unpaired) electrons. The minimum absolute atomic E-state index is 0.326. The number of carbonyl (C=O) groups is 2. The number of amides is 2. The van der Waals surface area contributed by atoms with Gasteiger partial charge in [-0.25, -0.2) is 0 Å². The molecule has 2 aromatic carbocycles. The molecule has 0 saturated heterocycles. The Balaban J connectivity index is 2.16. The zero-order chi connectivity index (χ0) is 16.6. The summed E-state index contributed by atoms with van der Waals surface area (Å²) in [6.45, 7) is 2.00. The van der Waals surface area contributed by atoms with E-state index in [9.17, 15) is 9.59 Å². The van der Waals surface area contributed by atoms with E-state index in [1.165, 1.54) is 0 Å². The van der Waals surface area contributed by atoms with Gasteiger partial charge in [-0.05, 0) is 23.9 Å². The number of halogens is 1. The highest BCUT2D eigenvalue weighted by molar-refractivity contribution is 9.10. The summed E-state index contributed by atoms with van der Waals surface area (Å²) in [5.74, 6) is -0.326. The first-order chi connectivity index (χ1) is 11.1. The number of imide groups is 1. The van der Waals surface area contributed by atoms with Crippen molar-refractivity contribution < 1.29 is 9.59 Å². The van der Waals surface area contributed by atoms with Crippen LogP contribution in [0.5, 0.6) is 0 Å². The molecule has 1 N–H and O–H groups in total. The normalized spacial score (nSPS) is 14.2. The molecule has 0 saturated carbocycles. The molecule has 118 valence electrons. The van der Waals surface area contributed by atoms with Gasteiger partial charge < -0.3 is 4.90 Å². The molecule has 4 nitrogen and oxygen atoms in total. The van der Waals surface area contributed by atoms with Gasteiger partial charge >= 0.3 is 0 Å². The van der Waals surface area contributed by atoms with E-state index in [0.717, 1.165) is 32.9 Å². The summed E-state index contributed by atoms with van der Waals surface area (Å²) in [5.41, 5.74) is 1.87. The lowest BCUT2D eigenvalue weighted by Crippen LogP contribution is -2.48. The van der Waals surface area contributed by atoms with Crippen LogP contribution in [0.3, 0.4) is 0 Å². The molecule has 1 aliphatic heterocycles. The summed E-state index contributed by atoms with van der Waals surface area (Å²) < 4.78 is 0.993. The number of hydrogen-bond acceptors (Lipinski definition) is 3. The Labute approximate surface area is 148 Å². The Kier molecular flexibility index (Phi) is 4.46. The molecule has 1 atom stereocenters. The van der Waals surface area contributed by atoms with Crippen LogP contribution in [-0.2, 0) is 9.59 Å². The highest BCUT2D eigenvalue weighted by atomic mass is 79.9. The molecular formula is C17H15BrN2O2S. The van der Waals surface area contributed by atoms with E-state index >= 15 is 0 Å². The van der Waals surface area contributed by atoms with Crippen molar-refractivity contribution in [3.05, 3.63) is 40.4 Å². The van der Waals surface area contributed by atoms with Crippen LogP contribution in [-0.4, -0.2) is 23.3 Å². The molecule has 6 heteroatoms. The van der Waals surface area contributed by atoms with Gasteiger partial charge in [0.05, 0.1) is 5.69 Å². The second-order valence-electron chi connectivity index (χ2n) is 5.40. The van der Waals surface area contributed by atoms with Crippen molar-refractivity contribution in [1.29, 1.82) is 0 Å². The van der Waals surface area contributed by atoms with Crippen LogP contribution >= 0.6 is 28.1 Å². The highest BCUT2D eigenvalue weighted by Gasteiger charge is 2.35. The largest absolute Gasteiger partial charge is 0.319 e. The highest BCUT2D eigenvalue weighted by Crippen LogP contribution is 2.42. The van der Waals surface area contributed by atoms with Crippen molar-refractivity contribution in [3.63, 3.8) is 0 Å². The van der Waals surface area contributed by atoms with Crippen molar-refractivity contribution in [1.82, 2.24) is 5.32 Å². The lowest BCUT2D eigenvalue weighted by Gasteiger charge is -2.28. The minimum atomic E-state index is -0.491. The molecule has 0 aromatic heterocycles. The summed E-state index contributed by atoms with van der Waals surface area (Å²) in [5, 5.41) is 4.38. The quantitative estimate of drug-likeness (QED) is 0.626. The third-order valence-electron chi connectivity index (χ3n) is 4.05. The second-order valence-corrected chi connectivity index (χ2v) is 6.64. The fourth-order valence-electron chi connectivity index (χ4n) is 3.08. The average molecular weight is 391 g/mol. The summed E-state index contributed by atoms with van der Waals surface area (Å²) in [4.78, 5) is 25.5. The molecule has 3 rings (SSSR count). The van der Waals surface area contributed by atoms with Crippen molar-refractivity contribution in [2.75, 3.05) is 4.90 Å². The maximum atomic E-state index is 12.4.